The Morgan fingerprint density at radius 3 is 2.19 bits per heavy atom. The average molecular weight is 506 g/mol. The number of ether oxygens (including phenoxy) is 4. The maximum atomic E-state index is 12.9. The van der Waals surface area contributed by atoms with Crippen molar-refractivity contribution in [1.29, 1.82) is 0 Å². The molecule has 2 amide bonds. The summed E-state index contributed by atoms with van der Waals surface area (Å²) >= 11 is 0. The number of aldehydes is 1. The van der Waals surface area contributed by atoms with E-state index in [0.29, 0.717) is 64.5 Å². The second kappa shape index (κ2) is 14.0. The lowest BCUT2D eigenvalue weighted by Gasteiger charge is -2.28. The summed E-state index contributed by atoms with van der Waals surface area (Å²) in [6, 6.07) is 5.15. The molecule has 1 unspecified atom stereocenters. The monoisotopic (exact) mass is 505 g/mol. The Balaban J connectivity index is 1.39. The van der Waals surface area contributed by atoms with Crippen molar-refractivity contribution in [3.8, 4) is 0 Å². The molecule has 0 aliphatic carbocycles. The molecule has 0 radical (unpaired) electrons. The van der Waals surface area contributed by atoms with Crippen molar-refractivity contribution in [2.45, 2.75) is 31.7 Å². The standard InChI is InChI=1S/C25H35N3O8/c1-26-22-18-19(4-3-10-33-12-14-35-16-17-36-15-13-34-11-9-29)5-6-20(22)28(25(26)32)21-7-8-23(30)27(2)24(21)31/h5-6,9,18,21H,3-4,7-8,10-17H2,1-2H3. The van der Waals surface area contributed by atoms with E-state index in [1.807, 2.05) is 18.2 Å². The molecule has 36 heavy (non-hydrogen) atoms. The molecule has 3 rings (SSSR count). The largest absolute Gasteiger partial charge is 0.379 e. The molecule has 0 saturated carbocycles. The van der Waals surface area contributed by atoms with Crippen LogP contribution in [0.5, 0.6) is 0 Å². The summed E-state index contributed by atoms with van der Waals surface area (Å²) in [5.74, 6) is -0.567. The van der Waals surface area contributed by atoms with Gasteiger partial charge in [-0.3, -0.25) is 23.6 Å². The molecular formula is C25H35N3O8. The van der Waals surface area contributed by atoms with E-state index in [-0.39, 0.29) is 30.5 Å². The van der Waals surface area contributed by atoms with E-state index >= 15 is 0 Å². The minimum Gasteiger partial charge on any atom is -0.379 e. The zero-order valence-electron chi connectivity index (χ0n) is 21.0. The Hall–Kier alpha value is -2.86. The Bertz CT molecular complexity index is 1090. The van der Waals surface area contributed by atoms with Crippen LogP contribution < -0.4 is 5.69 Å². The number of carbonyl (C=O) groups excluding carboxylic acids is 3. The van der Waals surface area contributed by atoms with Gasteiger partial charge in [0, 0.05) is 27.1 Å². The molecule has 0 N–H and O–H groups in total. The van der Waals surface area contributed by atoms with E-state index in [1.54, 1.807) is 11.6 Å². The second-order valence-corrected chi connectivity index (χ2v) is 8.56. The molecule has 11 heteroatoms. The van der Waals surface area contributed by atoms with Crippen molar-refractivity contribution in [2.75, 3.05) is 59.9 Å². The number of carbonyl (C=O) groups is 3. The van der Waals surface area contributed by atoms with E-state index in [2.05, 4.69) is 0 Å². The molecule has 198 valence electrons. The van der Waals surface area contributed by atoms with Crippen molar-refractivity contribution >= 4 is 29.1 Å². The summed E-state index contributed by atoms with van der Waals surface area (Å²) in [6.07, 6.45) is 2.88. The molecule has 1 saturated heterocycles. The molecule has 1 aliphatic rings. The molecule has 1 atom stereocenters. The van der Waals surface area contributed by atoms with E-state index in [4.69, 9.17) is 18.9 Å². The first-order chi connectivity index (χ1) is 17.5. The molecule has 0 spiro atoms. The predicted octanol–water partition coefficient (Wildman–Crippen LogP) is 0.858. The number of hydrogen-bond acceptors (Lipinski definition) is 8. The lowest BCUT2D eigenvalue weighted by atomic mass is 10.0. The highest BCUT2D eigenvalue weighted by atomic mass is 16.6. The second-order valence-electron chi connectivity index (χ2n) is 8.56. The van der Waals surface area contributed by atoms with Gasteiger partial charge >= 0.3 is 5.69 Å². The Labute approximate surface area is 209 Å². The lowest BCUT2D eigenvalue weighted by Crippen LogP contribution is -2.45. The van der Waals surface area contributed by atoms with E-state index < -0.39 is 6.04 Å². The summed E-state index contributed by atoms with van der Waals surface area (Å²) in [5.41, 5.74) is 2.27. The van der Waals surface area contributed by atoms with Crippen LogP contribution >= 0.6 is 0 Å². The molecular weight excluding hydrogens is 470 g/mol. The minimum absolute atomic E-state index is 0.0869. The fourth-order valence-electron chi connectivity index (χ4n) is 4.17. The van der Waals surface area contributed by atoms with Gasteiger partial charge in [0.2, 0.25) is 5.91 Å². The number of nitrogens with zero attached hydrogens (tertiary/aromatic N) is 3. The van der Waals surface area contributed by atoms with Gasteiger partial charge in [0.1, 0.15) is 18.9 Å². The van der Waals surface area contributed by atoms with Crippen LogP contribution in [0.1, 0.15) is 30.9 Å². The molecule has 2 heterocycles. The van der Waals surface area contributed by atoms with E-state index in [9.17, 15) is 19.2 Å². The Kier molecular flexibility index (Phi) is 10.8. The topological polar surface area (TPSA) is 118 Å². The number of hydrogen-bond donors (Lipinski definition) is 0. The summed E-state index contributed by atoms with van der Waals surface area (Å²) in [4.78, 5) is 48.6. The minimum atomic E-state index is -0.667. The summed E-state index contributed by atoms with van der Waals surface area (Å²) in [7, 11) is 3.16. The molecule has 11 nitrogen and oxygen atoms in total. The predicted molar refractivity (Wildman–Crippen MR) is 131 cm³/mol. The van der Waals surface area contributed by atoms with Crippen LogP contribution in [0.25, 0.3) is 11.0 Å². The number of imide groups is 1. The van der Waals surface area contributed by atoms with Crippen molar-refractivity contribution in [3.63, 3.8) is 0 Å². The normalized spacial score (nSPS) is 16.3. The quantitative estimate of drug-likeness (QED) is 0.187. The number of aryl methyl sites for hydroxylation is 2. The number of piperidine rings is 1. The van der Waals surface area contributed by atoms with Crippen molar-refractivity contribution in [1.82, 2.24) is 14.0 Å². The summed E-state index contributed by atoms with van der Waals surface area (Å²) in [5, 5.41) is 0. The highest BCUT2D eigenvalue weighted by molar-refractivity contribution is 5.99. The lowest BCUT2D eigenvalue weighted by molar-refractivity contribution is -0.149. The van der Waals surface area contributed by atoms with Gasteiger partial charge in [-0.25, -0.2) is 4.79 Å². The Morgan fingerprint density at radius 1 is 0.889 bits per heavy atom. The first kappa shape index (κ1) is 27.7. The highest BCUT2D eigenvalue weighted by Gasteiger charge is 2.35. The van der Waals surface area contributed by atoms with Crippen LogP contribution in [0, 0.1) is 0 Å². The number of likely N-dealkylation sites (tertiary alicyclic amines) is 1. The summed E-state index contributed by atoms with van der Waals surface area (Å²) < 4.78 is 24.4. The van der Waals surface area contributed by atoms with Gasteiger partial charge in [0.25, 0.3) is 5.91 Å². The molecule has 2 aromatic rings. The molecule has 1 fully saturated rings. The highest BCUT2D eigenvalue weighted by Crippen LogP contribution is 2.26. The zero-order valence-corrected chi connectivity index (χ0v) is 21.0. The van der Waals surface area contributed by atoms with Gasteiger partial charge < -0.3 is 23.7 Å². The molecule has 1 aliphatic heterocycles. The third-order valence-electron chi connectivity index (χ3n) is 6.14. The third kappa shape index (κ3) is 7.10. The number of fused-ring (bicyclic) bond motifs is 1. The van der Waals surface area contributed by atoms with Crippen molar-refractivity contribution < 1.29 is 33.3 Å². The number of amides is 2. The van der Waals surface area contributed by atoms with Gasteiger partial charge in [0.15, 0.2) is 0 Å². The summed E-state index contributed by atoms with van der Waals surface area (Å²) in [6.45, 7) is 3.38. The maximum absolute atomic E-state index is 12.9. The maximum Gasteiger partial charge on any atom is 0.329 e. The van der Waals surface area contributed by atoms with Gasteiger partial charge in [-0.05, 0) is 37.0 Å². The van der Waals surface area contributed by atoms with Crippen molar-refractivity contribution in [2.24, 2.45) is 7.05 Å². The van der Waals surface area contributed by atoms with Gasteiger partial charge in [-0.2, -0.15) is 0 Å². The number of benzene rings is 1. The van der Waals surface area contributed by atoms with Gasteiger partial charge in [0.05, 0.1) is 50.7 Å². The van der Waals surface area contributed by atoms with Gasteiger partial charge in [-0.1, -0.05) is 6.07 Å². The molecule has 0 bridgehead atoms. The first-order valence-electron chi connectivity index (χ1n) is 12.2. The van der Waals surface area contributed by atoms with E-state index in [1.165, 1.54) is 11.6 Å². The number of aromatic nitrogens is 2. The first-order valence-corrected chi connectivity index (χ1v) is 12.2. The van der Waals surface area contributed by atoms with Crippen molar-refractivity contribution in [3.05, 3.63) is 34.2 Å². The SMILES string of the molecule is CN1C(=O)CCC(n2c(=O)n(C)c3cc(CCCOCCOCCOCCOCC=O)ccc32)C1=O. The van der Waals surface area contributed by atoms with Gasteiger partial charge in [-0.15, -0.1) is 0 Å². The number of likely N-dealkylation sites (N-methyl/N-ethyl adjacent to an activating group) is 1. The van der Waals surface area contributed by atoms with Crippen LogP contribution in [0.15, 0.2) is 23.0 Å². The van der Waals surface area contributed by atoms with Crippen LogP contribution in [-0.4, -0.2) is 92.0 Å². The molecule has 1 aromatic carbocycles. The smallest absolute Gasteiger partial charge is 0.329 e. The molecule has 1 aromatic heterocycles. The zero-order chi connectivity index (χ0) is 25.9. The van der Waals surface area contributed by atoms with Crippen LogP contribution in [0.2, 0.25) is 0 Å². The van der Waals surface area contributed by atoms with E-state index in [0.717, 1.165) is 28.8 Å². The number of imidazole rings is 1. The fourth-order valence-corrected chi connectivity index (χ4v) is 4.17. The van der Waals surface area contributed by atoms with Crippen LogP contribution in [0.3, 0.4) is 0 Å². The number of rotatable bonds is 16. The fraction of sp³-hybridized carbons (Fsp3) is 0.600. The van der Waals surface area contributed by atoms with Crippen LogP contribution in [-0.2, 0) is 46.8 Å². The third-order valence-corrected chi connectivity index (χ3v) is 6.14. The van der Waals surface area contributed by atoms with Crippen LogP contribution in [0.4, 0.5) is 0 Å². The Morgan fingerprint density at radius 2 is 1.53 bits per heavy atom. The average Bonchev–Trinajstić information content (AvgIpc) is 3.12.